The summed E-state index contributed by atoms with van der Waals surface area (Å²) < 4.78 is 11.7. The van der Waals surface area contributed by atoms with Crippen molar-refractivity contribution in [1.82, 2.24) is 4.90 Å². The van der Waals surface area contributed by atoms with Crippen molar-refractivity contribution < 1.29 is 13.9 Å². The molecule has 34 heavy (non-hydrogen) atoms. The number of fused-ring (bicyclic) bond motifs is 3. The van der Waals surface area contributed by atoms with Crippen molar-refractivity contribution in [3.8, 4) is 5.75 Å². The van der Waals surface area contributed by atoms with Crippen LogP contribution in [0.25, 0.3) is 11.0 Å². The van der Waals surface area contributed by atoms with Crippen molar-refractivity contribution in [1.29, 1.82) is 0 Å². The number of carbonyl (C=O) groups excluding carboxylic acids is 1. The number of likely N-dealkylation sites (tertiary alicyclic amines) is 1. The molecule has 2 aromatic carbocycles. The molecule has 0 N–H and O–H groups in total. The number of ether oxygens (including phenoxy) is 1. The Morgan fingerprint density at radius 2 is 1.85 bits per heavy atom. The van der Waals surface area contributed by atoms with E-state index in [2.05, 4.69) is 18.7 Å². The molecule has 0 radical (unpaired) electrons. The summed E-state index contributed by atoms with van der Waals surface area (Å²) in [6, 6.07) is 15.5. The summed E-state index contributed by atoms with van der Waals surface area (Å²) in [7, 11) is 0. The van der Waals surface area contributed by atoms with Crippen LogP contribution in [-0.2, 0) is 17.8 Å². The maximum atomic E-state index is 13.3. The van der Waals surface area contributed by atoms with Crippen molar-refractivity contribution >= 4 is 22.6 Å². The maximum absolute atomic E-state index is 13.3. The minimum atomic E-state index is -0.436. The fourth-order valence-electron chi connectivity index (χ4n) is 5.56. The Bertz CT molecular complexity index is 1230. The molecule has 6 nitrogen and oxygen atoms in total. The average Bonchev–Trinajstić information content (AvgIpc) is 2.82. The summed E-state index contributed by atoms with van der Waals surface area (Å²) in [5.41, 5.74) is 2.47. The summed E-state index contributed by atoms with van der Waals surface area (Å²) in [5, 5.41) is 0.845. The van der Waals surface area contributed by atoms with E-state index in [1.54, 1.807) is 11.0 Å². The number of aryl methyl sites for hydroxylation is 1. The number of hydrogen-bond donors (Lipinski definition) is 0. The van der Waals surface area contributed by atoms with Crippen LogP contribution in [0.1, 0.15) is 37.8 Å². The minimum absolute atomic E-state index is 0.0228. The van der Waals surface area contributed by atoms with Gasteiger partial charge in [-0.2, -0.15) is 0 Å². The highest BCUT2D eigenvalue weighted by Crippen LogP contribution is 2.33. The normalized spacial score (nSPS) is 20.8. The highest BCUT2D eigenvalue weighted by Gasteiger charge is 2.31. The number of amides is 1. The van der Waals surface area contributed by atoms with Gasteiger partial charge in [0, 0.05) is 25.0 Å². The Morgan fingerprint density at radius 3 is 2.62 bits per heavy atom. The SMILES string of the molecule is CC1CC(C)CN(CC(=O)N2CCCc3c2c(=O)oc2ccc(OCc4ccccc4)cc32)C1. The first-order valence-corrected chi connectivity index (χ1v) is 12.3. The van der Waals surface area contributed by atoms with Crippen LogP contribution in [0, 0.1) is 11.8 Å². The summed E-state index contributed by atoms with van der Waals surface area (Å²) >= 11 is 0. The molecule has 2 aliphatic rings. The second-order valence-electron chi connectivity index (χ2n) is 9.94. The molecule has 0 bridgehead atoms. The molecule has 0 saturated carbocycles. The van der Waals surface area contributed by atoms with Gasteiger partial charge in [0.15, 0.2) is 0 Å². The fraction of sp³-hybridized carbons (Fsp3) is 0.429. The molecule has 3 heterocycles. The highest BCUT2D eigenvalue weighted by atomic mass is 16.5. The summed E-state index contributed by atoms with van der Waals surface area (Å²) in [6.45, 7) is 7.67. The predicted molar refractivity (Wildman–Crippen MR) is 133 cm³/mol. The van der Waals surface area contributed by atoms with Crippen molar-refractivity contribution in [3.63, 3.8) is 0 Å². The van der Waals surface area contributed by atoms with Gasteiger partial charge in [-0.3, -0.25) is 9.69 Å². The molecule has 1 fully saturated rings. The number of benzene rings is 2. The van der Waals surface area contributed by atoms with E-state index in [1.807, 2.05) is 42.5 Å². The van der Waals surface area contributed by atoms with E-state index in [9.17, 15) is 9.59 Å². The van der Waals surface area contributed by atoms with Crippen LogP contribution in [-0.4, -0.2) is 37.0 Å². The molecule has 178 valence electrons. The van der Waals surface area contributed by atoms with Crippen molar-refractivity contribution in [2.24, 2.45) is 11.8 Å². The van der Waals surface area contributed by atoms with Gasteiger partial charge in [-0.05, 0) is 60.4 Å². The monoisotopic (exact) mass is 460 g/mol. The molecule has 0 spiro atoms. The highest BCUT2D eigenvalue weighted by molar-refractivity contribution is 5.98. The predicted octanol–water partition coefficient (Wildman–Crippen LogP) is 4.63. The lowest BCUT2D eigenvalue weighted by molar-refractivity contribution is -0.120. The molecule has 3 aromatic rings. The van der Waals surface area contributed by atoms with Gasteiger partial charge in [-0.25, -0.2) is 4.79 Å². The molecular weight excluding hydrogens is 428 g/mol. The van der Waals surface area contributed by atoms with E-state index in [4.69, 9.17) is 9.15 Å². The third kappa shape index (κ3) is 4.73. The molecule has 6 heteroatoms. The van der Waals surface area contributed by atoms with Gasteiger partial charge in [0.25, 0.3) is 0 Å². The first-order valence-electron chi connectivity index (χ1n) is 12.3. The van der Waals surface area contributed by atoms with Crippen molar-refractivity contribution in [2.45, 2.75) is 39.7 Å². The standard InChI is InChI=1S/C28H32N2O4/c1-19-13-20(2)16-29(15-19)17-26(31)30-12-6-9-23-24-14-22(33-18-21-7-4-3-5-8-21)10-11-25(24)34-28(32)27(23)30/h3-5,7-8,10-11,14,19-20H,6,9,12-13,15-18H2,1-2H3. The Labute approximate surface area is 200 Å². The quantitative estimate of drug-likeness (QED) is 0.520. The van der Waals surface area contributed by atoms with Crippen LogP contribution < -0.4 is 15.3 Å². The van der Waals surface area contributed by atoms with Crippen molar-refractivity contribution in [3.05, 3.63) is 70.1 Å². The molecule has 0 aliphatic carbocycles. The van der Waals surface area contributed by atoms with E-state index in [0.717, 1.165) is 42.4 Å². The van der Waals surface area contributed by atoms with Crippen LogP contribution in [0.15, 0.2) is 57.7 Å². The van der Waals surface area contributed by atoms with E-state index in [0.29, 0.717) is 48.6 Å². The summed E-state index contributed by atoms with van der Waals surface area (Å²) in [6.07, 6.45) is 2.75. The molecule has 2 atom stereocenters. The number of nitrogens with zero attached hydrogens (tertiary/aromatic N) is 2. The van der Waals surface area contributed by atoms with Gasteiger partial charge in [-0.15, -0.1) is 0 Å². The third-order valence-corrected chi connectivity index (χ3v) is 6.89. The van der Waals surface area contributed by atoms with Gasteiger partial charge >= 0.3 is 5.63 Å². The summed E-state index contributed by atoms with van der Waals surface area (Å²) in [5.74, 6) is 1.85. The average molecular weight is 461 g/mol. The number of anilines is 1. The van der Waals surface area contributed by atoms with Crippen LogP contribution in [0.4, 0.5) is 5.69 Å². The van der Waals surface area contributed by atoms with E-state index in [-0.39, 0.29) is 5.91 Å². The van der Waals surface area contributed by atoms with E-state index in [1.165, 1.54) is 6.42 Å². The van der Waals surface area contributed by atoms with Crippen molar-refractivity contribution in [2.75, 3.05) is 31.1 Å². The van der Waals surface area contributed by atoms with Gasteiger partial charge < -0.3 is 14.1 Å². The zero-order valence-corrected chi connectivity index (χ0v) is 20.0. The van der Waals surface area contributed by atoms with Crippen LogP contribution >= 0.6 is 0 Å². The molecular formula is C28H32N2O4. The zero-order valence-electron chi connectivity index (χ0n) is 20.0. The number of piperidine rings is 1. The second-order valence-corrected chi connectivity index (χ2v) is 9.94. The molecule has 2 aliphatic heterocycles. The molecule has 1 amide bonds. The smallest absolute Gasteiger partial charge is 0.360 e. The first-order chi connectivity index (χ1) is 16.5. The van der Waals surface area contributed by atoms with Gasteiger partial charge in [0.05, 0.1) is 6.54 Å². The number of hydrogen-bond acceptors (Lipinski definition) is 5. The fourth-order valence-corrected chi connectivity index (χ4v) is 5.56. The van der Waals surface area contributed by atoms with Gasteiger partial charge in [0.1, 0.15) is 23.6 Å². The Kier molecular flexibility index (Phi) is 6.42. The topological polar surface area (TPSA) is 63.0 Å². The number of carbonyl (C=O) groups is 1. The van der Waals surface area contributed by atoms with Crippen LogP contribution in [0.5, 0.6) is 5.75 Å². The zero-order chi connectivity index (χ0) is 23.7. The third-order valence-electron chi connectivity index (χ3n) is 6.89. The van der Waals surface area contributed by atoms with Gasteiger partial charge in [0.2, 0.25) is 5.91 Å². The molecule has 2 unspecified atom stereocenters. The maximum Gasteiger partial charge on any atom is 0.360 e. The lowest BCUT2D eigenvalue weighted by atomic mass is 9.92. The second kappa shape index (κ2) is 9.63. The molecule has 5 rings (SSSR count). The van der Waals surface area contributed by atoms with Gasteiger partial charge in [-0.1, -0.05) is 44.2 Å². The van der Waals surface area contributed by atoms with E-state index >= 15 is 0 Å². The lowest BCUT2D eigenvalue weighted by Crippen LogP contribution is -2.48. The van der Waals surface area contributed by atoms with Crippen LogP contribution in [0.3, 0.4) is 0 Å². The Hall–Kier alpha value is -3.12. The molecule has 1 saturated heterocycles. The van der Waals surface area contributed by atoms with E-state index < -0.39 is 5.63 Å². The lowest BCUT2D eigenvalue weighted by Gasteiger charge is -2.36. The summed E-state index contributed by atoms with van der Waals surface area (Å²) in [4.78, 5) is 30.2. The minimum Gasteiger partial charge on any atom is -0.489 e. The molecule has 1 aromatic heterocycles. The first kappa shape index (κ1) is 22.7. The van der Waals surface area contributed by atoms with Crippen LogP contribution in [0.2, 0.25) is 0 Å². The number of rotatable bonds is 5. The largest absolute Gasteiger partial charge is 0.489 e. The Morgan fingerprint density at radius 1 is 1.09 bits per heavy atom. The Balaban J connectivity index is 1.41.